The minimum absolute atomic E-state index is 0.189. The van der Waals surface area contributed by atoms with Crippen molar-refractivity contribution >= 4 is 5.91 Å². The van der Waals surface area contributed by atoms with Crippen LogP contribution in [0.1, 0.15) is 39.5 Å². The van der Waals surface area contributed by atoms with Crippen LogP contribution in [0.25, 0.3) is 0 Å². The first-order chi connectivity index (χ1) is 8.08. The van der Waals surface area contributed by atoms with Crippen molar-refractivity contribution in [2.75, 3.05) is 26.7 Å². The van der Waals surface area contributed by atoms with Crippen LogP contribution in [0.2, 0.25) is 0 Å². The predicted octanol–water partition coefficient (Wildman–Crippen LogP) is 1.09. The third-order valence-electron chi connectivity index (χ3n) is 3.67. The SMILES string of the molecule is CCC(CC)N(C)CC(O)CN1CCCC1=O. The number of likely N-dealkylation sites (N-methyl/N-ethyl adjacent to an activating group) is 1. The molecule has 0 aromatic carbocycles. The minimum Gasteiger partial charge on any atom is -0.390 e. The molecule has 1 rings (SSSR count). The Labute approximate surface area is 105 Å². The van der Waals surface area contributed by atoms with Gasteiger partial charge in [-0.2, -0.15) is 0 Å². The standard InChI is InChI=1S/C13H26N2O2/c1-4-11(5-2)14(3)9-12(16)10-15-8-6-7-13(15)17/h11-12,16H,4-10H2,1-3H3. The minimum atomic E-state index is -0.428. The molecule has 1 heterocycles. The highest BCUT2D eigenvalue weighted by atomic mass is 16.3. The number of β-amino-alcohol motifs (C(OH)–C–C–N with tert-alkyl or cyclic N) is 1. The van der Waals surface area contributed by atoms with Crippen LogP contribution >= 0.6 is 0 Å². The lowest BCUT2D eigenvalue weighted by Crippen LogP contribution is -2.42. The monoisotopic (exact) mass is 242 g/mol. The van der Waals surface area contributed by atoms with E-state index in [1.165, 1.54) is 0 Å². The summed E-state index contributed by atoms with van der Waals surface area (Å²) < 4.78 is 0. The molecule has 4 heteroatoms. The second kappa shape index (κ2) is 6.97. The number of hydrogen-bond donors (Lipinski definition) is 1. The highest BCUT2D eigenvalue weighted by Crippen LogP contribution is 2.11. The largest absolute Gasteiger partial charge is 0.390 e. The summed E-state index contributed by atoms with van der Waals surface area (Å²) in [6.07, 6.45) is 3.36. The number of carbonyl (C=O) groups excluding carboxylic acids is 1. The first-order valence-corrected chi connectivity index (χ1v) is 6.74. The van der Waals surface area contributed by atoms with Crippen LogP contribution < -0.4 is 0 Å². The molecule has 1 saturated heterocycles. The number of hydrogen-bond acceptors (Lipinski definition) is 3. The van der Waals surface area contributed by atoms with E-state index in [2.05, 4.69) is 18.7 Å². The quantitative estimate of drug-likeness (QED) is 0.727. The van der Waals surface area contributed by atoms with E-state index >= 15 is 0 Å². The predicted molar refractivity (Wildman–Crippen MR) is 68.8 cm³/mol. The maximum atomic E-state index is 11.4. The number of nitrogens with zero attached hydrogens (tertiary/aromatic N) is 2. The molecule has 0 aromatic heterocycles. The van der Waals surface area contributed by atoms with Crippen molar-refractivity contribution in [3.63, 3.8) is 0 Å². The molecule has 0 spiro atoms. The second-order valence-electron chi connectivity index (χ2n) is 5.01. The molecule has 4 nitrogen and oxygen atoms in total. The highest BCUT2D eigenvalue weighted by molar-refractivity contribution is 5.78. The molecule has 17 heavy (non-hydrogen) atoms. The van der Waals surface area contributed by atoms with Gasteiger partial charge in [0.25, 0.3) is 0 Å². The summed E-state index contributed by atoms with van der Waals surface area (Å²) in [7, 11) is 2.05. The van der Waals surface area contributed by atoms with E-state index in [1.54, 1.807) is 4.90 Å². The van der Waals surface area contributed by atoms with Gasteiger partial charge in [0, 0.05) is 32.1 Å². The Hall–Kier alpha value is -0.610. The second-order valence-corrected chi connectivity index (χ2v) is 5.01. The van der Waals surface area contributed by atoms with Crippen LogP contribution in [0.4, 0.5) is 0 Å². The first-order valence-electron chi connectivity index (χ1n) is 6.74. The van der Waals surface area contributed by atoms with Crippen LogP contribution in [0, 0.1) is 0 Å². The molecule has 0 aromatic rings. The fraction of sp³-hybridized carbons (Fsp3) is 0.923. The van der Waals surface area contributed by atoms with E-state index in [-0.39, 0.29) is 5.91 Å². The van der Waals surface area contributed by atoms with Gasteiger partial charge < -0.3 is 14.9 Å². The average molecular weight is 242 g/mol. The van der Waals surface area contributed by atoms with Gasteiger partial charge in [0.15, 0.2) is 0 Å². The van der Waals surface area contributed by atoms with E-state index in [9.17, 15) is 9.90 Å². The maximum Gasteiger partial charge on any atom is 0.222 e. The number of aliphatic hydroxyl groups is 1. The van der Waals surface area contributed by atoms with Gasteiger partial charge in [-0.3, -0.25) is 4.79 Å². The molecule has 0 radical (unpaired) electrons. The van der Waals surface area contributed by atoms with Crippen LogP contribution in [0.15, 0.2) is 0 Å². The summed E-state index contributed by atoms with van der Waals surface area (Å²) in [5.41, 5.74) is 0. The van der Waals surface area contributed by atoms with Gasteiger partial charge in [0.05, 0.1) is 6.10 Å². The van der Waals surface area contributed by atoms with Crippen molar-refractivity contribution in [3.8, 4) is 0 Å². The lowest BCUT2D eigenvalue weighted by atomic mass is 10.1. The van der Waals surface area contributed by atoms with E-state index in [4.69, 9.17) is 0 Å². The zero-order valence-corrected chi connectivity index (χ0v) is 11.4. The Balaban J connectivity index is 2.33. The number of amides is 1. The molecule has 1 aliphatic heterocycles. The Morgan fingerprint density at radius 3 is 2.53 bits per heavy atom. The molecule has 1 aliphatic rings. The normalized spacial score (nSPS) is 18.5. The number of carbonyl (C=O) groups is 1. The molecule has 1 N–H and O–H groups in total. The van der Waals surface area contributed by atoms with Gasteiger partial charge in [0.1, 0.15) is 0 Å². The average Bonchev–Trinajstić information content (AvgIpc) is 2.66. The molecule has 0 bridgehead atoms. The fourth-order valence-corrected chi connectivity index (χ4v) is 2.60. The van der Waals surface area contributed by atoms with Gasteiger partial charge in [-0.25, -0.2) is 0 Å². The van der Waals surface area contributed by atoms with E-state index in [0.717, 1.165) is 25.8 Å². The lowest BCUT2D eigenvalue weighted by molar-refractivity contribution is -0.129. The van der Waals surface area contributed by atoms with E-state index in [1.807, 2.05) is 7.05 Å². The van der Waals surface area contributed by atoms with Crippen molar-refractivity contribution < 1.29 is 9.90 Å². The van der Waals surface area contributed by atoms with Crippen LogP contribution in [0.5, 0.6) is 0 Å². The molecular formula is C13H26N2O2. The summed E-state index contributed by atoms with van der Waals surface area (Å²) in [4.78, 5) is 15.4. The van der Waals surface area contributed by atoms with Crippen molar-refractivity contribution in [2.45, 2.75) is 51.7 Å². The van der Waals surface area contributed by atoms with Crippen LogP contribution in [-0.4, -0.2) is 59.6 Å². The molecule has 1 fully saturated rings. The molecule has 0 aliphatic carbocycles. The molecule has 1 unspecified atom stereocenters. The smallest absolute Gasteiger partial charge is 0.222 e. The zero-order valence-electron chi connectivity index (χ0n) is 11.4. The van der Waals surface area contributed by atoms with Crippen molar-refractivity contribution in [3.05, 3.63) is 0 Å². The third-order valence-corrected chi connectivity index (χ3v) is 3.67. The summed E-state index contributed by atoms with van der Waals surface area (Å²) in [6, 6.07) is 0.527. The van der Waals surface area contributed by atoms with Gasteiger partial charge >= 0.3 is 0 Å². The van der Waals surface area contributed by atoms with E-state index in [0.29, 0.717) is 25.6 Å². The van der Waals surface area contributed by atoms with Gasteiger partial charge in [0.2, 0.25) is 5.91 Å². The zero-order chi connectivity index (χ0) is 12.8. The molecule has 1 amide bonds. The Morgan fingerprint density at radius 1 is 1.41 bits per heavy atom. The van der Waals surface area contributed by atoms with E-state index < -0.39 is 6.10 Å². The lowest BCUT2D eigenvalue weighted by Gasteiger charge is -2.29. The molecule has 1 atom stereocenters. The summed E-state index contributed by atoms with van der Waals surface area (Å²) in [5, 5.41) is 10.0. The summed E-state index contributed by atoms with van der Waals surface area (Å²) in [5.74, 6) is 0.189. The molecule has 0 saturated carbocycles. The Kier molecular flexibility index (Phi) is 5.92. The maximum absolute atomic E-state index is 11.4. The summed E-state index contributed by atoms with van der Waals surface area (Å²) >= 11 is 0. The number of aliphatic hydroxyl groups excluding tert-OH is 1. The Morgan fingerprint density at radius 2 is 2.06 bits per heavy atom. The van der Waals surface area contributed by atoms with Crippen molar-refractivity contribution in [1.82, 2.24) is 9.80 Å². The molecule has 100 valence electrons. The molecular weight excluding hydrogens is 216 g/mol. The van der Waals surface area contributed by atoms with Gasteiger partial charge in [-0.15, -0.1) is 0 Å². The fourth-order valence-electron chi connectivity index (χ4n) is 2.60. The Bertz CT molecular complexity index is 242. The third kappa shape index (κ3) is 4.28. The van der Waals surface area contributed by atoms with Crippen molar-refractivity contribution in [2.24, 2.45) is 0 Å². The van der Waals surface area contributed by atoms with Crippen LogP contribution in [-0.2, 0) is 4.79 Å². The highest BCUT2D eigenvalue weighted by Gasteiger charge is 2.23. The van der Waals surface area contributed by atoms with Crippen molar-refractivity contribution in [1.29, 1.82) is 0 Å². The van der Waals surface area contributed by atoms with Crippen LogP contribution in [0.3, 0.4) is 0 Å². The van der Waals surface area contributed by atoms with Gasteiger partial charge in [-0.1, -0.05) is 13.8 Å². The number of likely N-dealkylation sites (tertiary alicyclic amines) is 1. The first kappa shape index (κ1) is 14.5. The summed E-state index contributed by atoms with van der Waals surface area (Å²) in [6.45, 7) is 6.28. The topological polar surface area (TPSA) is 43.8 Å². The van der Waals surface area contributed by atoms with Gasteiger partial charge in [-0.05, 0) is 26.3 Å². The number of rotatable bonds is 7.